The van der Waals surface area contributed by atoms with Crippen molar-refractivity contribution in [1.29, 1.82) is 0 Å². The van der Waals surface area contributed by atoms with E-state index >= 15 is 0 Å². The van der Waals surface area contributed by atoms with Crippen molar-refractivity contribution in [2.45, 2.75) is 25.2 Å². The lowest BCUT2D eigenvalue weighted by Gasteiger charge is -2.24. The highest BCUT2D eigenvalue weighted by atomic mass is 16.5. The molecule has 1 aliphatic rings. The molecular weight excluding hydrogens is 176 g/mol. The molecule has 1 aromatic rings. The van der Waals surface area contributed by atoms with Crippen molar-refractivity contribution in [3.63, 3.8) is 0 Å². The van der Waals surface area contributed by atoms with Crippen LogP contribution in [0.1, 0.15) is 18.4 Å². The van der Waals surface area contributed by atoms with E-state index in [1.807, 2.05) is 18.2 Å². The molecule has 0 aliphatic carbocycles. The van der Waals surface area contributed by atoms with Gasteiger partial charge in [0.15, 0.2) is 5.85 Å². The number of nitrogens with one attached hydrogen (secondary N) is 1. The van der Waals surface area contributed by atoms with Gasteiger partial charge in [0.2, 0.25) is 0 Å². The summed E-state index contributed by atoms with van der Waals surface area (Å²) in [4.78, 5) is 0. The van der Waals surface area contributed by atoms with Gasteiger partial charge in [-0.05, 0) is 12.0 Å². The third-order valence-electron chi connectivity index (χ3n) is 2.49. The van der Waals surface area contributed by atoms with E-state index in [4.69, 9.17) is 10.5 Å². The molecular formula is C11H16N2O. The predicted molar refractivity (Wildman–Crippen MR) is 55.4 cm³/mol. The molecule has 1 aromatic carbocycles. The number of nitrogens with two attached hydrogens (primary N) is 1. The van der Waals surface area contributed by atoms with Crippen LogP contribution in [0.5, 0.6) is 0 Å². The van der Waals surface area contributed by atoms with Gasteiger partial charge in [0, 0.05) is 13.0 Å². The first-order chi connectivity index (χ1) is 6.79. The normalized spacial score (nSPS) is 26.6. The second kappa shape index (κ2) is 4.09. The number of ether oxygens (including phenoxy) is 1. The summed E-state index contributed by atoms with van der Waals surface area (Å²) in [6, 6.07) is 10.2. The van der Waals surface area contributed by atoms with Crippen molar-refractivity contribution in [3.8, 4) is 0 Å². The second-order valence-electron chi connectivity index (χ2n) is 3.68. The number of hydrogen-bond donors (Lipinski definition) is 2. The molecule has 1 atom stereocenters. The Morgan fingerprint density at radius 3 is 2.79 bits per heavy atom. The first-order valence-electron chi connectivity index (χ1n) is 5.00. The molecule has 0 radical (unpaired) electrons. The van der Waals surface area contributed by atoms with Gasteiger partial charge in [-0.3, -0.25) is 11.1 Å². The zero-order valence-electron chi connectivity index (χ0n) is 8.20. The molecule has 1 fully saturated rings. The molecule has 3 N–H and O–H groups in total. The predicted octanol–water partition coefficient (Wildman–Crippen LogP) is 1.20. The molecule has 1 saturated heterocycles. The van der Waals surface area contributed by atoms with Gasteiger partial charge in [-0.2, -0.15) is 0 Å². The molecule has 0 amide bonds. The first kappa shape index (κ1) is 9.65. The van der Waals surface area contributed by atoms with Crippen molar-refractivity contribution in [1.82, 2.24) is 5.32 Å². The van der Waals surface area contributed by atoms with Crippen LogP contribution in [0, 0.1) is 0 Å². The summed E-state index contributed by atoms with van der Waals surface area (Å²) in [5.41, 5.74) is 7.20. The molecule has 1 unspecified atom stereocenters. The van der Waals surface area contributed by atoms with Gasteiger partial charge in [-0.25, -0.2) is 0 Å². The topological polar surface area (TPSA) is 47.3 Å². The zero-order valence-corrected chi connectivity index (χ0v) is 8.20. The highest BCUT2D eigenvalue weighted by Crippen LogP contribution is 2.17. The number of benzene rings is 1. The monoisotopic (exact) mass is 192 g/mol. The number of rotatable bonds is 3. The molecule has 3 nitrogen and oxygen atoms in total. The van der Waals surface area contributed by atoms with Gasteiger partial charge in [-0.15, -0.1) is 0 Å². The third kappa shape index (κ3) is 2.32. The molecule has 1 heterocycles. The van der Waals surface area contributed by atoms with Crippen LogP contribution in [-0.4, -0.2) is 12.5 Å². The number of hydrogen-bond acceptors (Lipinski definition) is 3. The Balaban J connectivity index is 1.88. The van der Waals surface area contributed by atoms with Gasteiger partial charge in [0.1, 0.15) is 0 Å². The Bertz CT molecular complexity index is 281. The van der Waals surface area contributed by atoms with Crippen LogP contribution in [0.15, 0.2) is 30.3 Å². The van der Waals surface area contributed by atoms with Crippen molar-refractivity contribution < 1.29 is 4.74 Å². The highest BCUT2D eigenvalue weighted by Gasteiger charge is 2.29. The fourth-order valence-corrected chi connectivity index (χ4v) is 1.65. The van der Waals surface area contributed by atoms with E-state index in [0.717, 1.165) is 26.0 Å². The van der Waals surface area contributed by atoms with Crippen LogP contribution in [0.4, 0.5) is 0 Å². The molecule has 0 bridgehead atoms. The van der Waals surface area contributed by atoms with Crippen LogP contribution in [0.2, 0.25) is 0 Å². The minimum atomic E-state index is -0.601. The summed E-state index contributed by atoms with van der Waals surface area (Å²) in [5.74, 6) is -0.601. The molecule has 0 aromatic heterocycles. The summed E-state index contributed by atoms with van der Waals surface area (Å²) in [7, 11) is 0. The molecule has 14 heavy (non-hydrogen) atoms. The lowest BCUT2D eigenvalue weighted by Crippen LogP contribution is -2.52. The highest BCUT2D eigenvalue weighted by molar-refractivity contribution is 5.14. The van der Waals surface area contributed by atoms with Gasteiger partial charge in [0.05, 0.1) is 6.61 Å². The lowest BCUT2D eigenvalue weighted by molar-refractivity contribution is -0.0209. The summed E-state index contributed by atoms with van der Waals surface area (Å²) in [6.07, 6.45) is 1.93. The van der Waals surface area contributed by atoms with Gasteiger partial charge < -0.3 is 4.74 Å². The Morgan fingerprint density at radius 1 is 1.36 bits per heavy atom. The molecule has 76 valence electrons. The van der Waals surface area contributed by atoms with Crippen LogP contribution >= 0.6 is 0 Å². The van der Waals surface area contributed by atoms with Gasteiger partial charge >= 0.3 is 0 Å². The Morgan fingerprint density at radius 2 is 2.14 bits per heavy atom. The zero-order chi connectivity index (χ0) is 9.86. The van der Waals surface area contributed by atoms with E-state index in [0.29, 0.717) is 0 Å². The van der Waals surface area contributed by atoms with Gasteiger partial charge in [-0.1, -0.05) is 30.3 Å². The fourth-order valence-electron chi connectivity index (χ4n) is 1.65. The van der Waals surface area contributed by atoms with E-state index < -0.39 is 5.85 Å². The summed E-state index contributed by atoms with van der Waals surface area (Å²) in [5, 5.41) is 3.23. The maximum Gasteiger partial charge on any atom is 0.172 e. The minimum Gasteiger partial charge on any atom is -0.347 e. The SMILES string of the molecule is NC1(NCc2ccccc2)CCCO1. The molecule has 0 saturated carbocycles. The van der Waals surface area contributed by atoms with Crippen LogP contribution in [0.3, 0.4) is 0 Å². The van der Waals surface area contributed by atoms with E-state index in [1.54, 1.807) is 0 Å². The van der Waals surface area contributed by atoms with Gasteiger partial charge in [0.25, 0.3) is 0 Å². The Hall–Kier alpha value is -0.900. The molecule has 0 spiro atoms. The maximum atomic E-state index is 5.97. The average Bonchev–Trinajstić information content (AvgIpc) is 2.65. The Labute approximate surface area is 84.3 Å². The average molecular weight is 192 g/mol. The lowest BCUT2D eigenvalue weighted by atomic mass is 10.2. The minimum absolute atomic E-state index is 0.601. The van der Waals surface area contributed by atoms with E-state index in [2.05, 4.69) is 17.4 Å². The Kier molecular flexibility index (Phi) is 2.82. The van der Waals surface area contributed by atoms with Crippen LogP contribution < -0.4 is 11.1 Å². The standard InChI is InChI=1S/C11H16N2O/c12-11(7-4-8-14-11)13-9-10-5-2-1-3-6-10/h1-3,5-6,13H,4,7-9,12H2. The first-order valence-corrected chi connectivity index (χ1v) is 5.00. The summed E-state index contributed by atoms with van der Waals surface area (Å²) < 4.78 is 5.43. The fraction of sp³-hybridized carbons (Fsp3) is 0.455. The van der Waals surface area contributed by atoms with Crippen LogP contribution in [0.25, 0.3) is 0 Å². The van der Waals surface area contributed by atoms with Crippen molar-refractivity contribution >= 4 is 0 Å². The van der Waals surface area contributed by atoms with E-state index in [1.165, 1.54) is 5.56 Å². The smallest absolute Gasteiger partial charge is 0.172 e. The quantitative estimate of drug-likeness (QED) is 0.707. The third-order valence-corrected chi connectivity index (χ3v) is 2.49. The van der Waals surface area contributed by atoms with Crippen molar-refractivity contribution in [2.24, 2.45) is 5.73 Å². The van der Waals surface area contributed by atoms with Crippen LogP contribution in [-0.2, 0) is 11.3 Å². The molecule has 1 aliphatic heterocycles. The molecule has 3 heteroatoms. The van der Waals surface area contributed by atoms with E-state index in [-0.39, 0.29) is 0 Å². The molecule has 2 rings (SSSR count). The maximum absolute atomic E-state index is 5.97. The van der Waals surface area contributed by atoms with Crippen molar-refractivity contribution in [2.75, 3.05) is 6.61 Å². The summed E-state index contributed by atoms with van der Waals surface area (Å²) >= 11 is 0. The summed E-state index contributed by atoms with van der Waals surface area (Å²) in [6.45, 7) is 1.52. The largest absolute Gasteiger partial charge is 0.347 e. The second-order valence-corrected chi connectivity index (χ2v) is 3.68. The van der Waals surface area contributed by atoms with E-state index in [9.17, 15) is 0 Å². The van der Waals surface area contributed by atoms with Crippen molar-refractivity contribution in [3.05, 3.63) is 35.9 Å².